The summed E-state index contributed by atoms with van der Waals surface area (Å²) in [4.78, 5) is 2.06. The molecule has 0 aliphatic rings. The fourth-order valence-corrected chi connectivity index (χ4v) is 5.13. The van der Waals surface area contributed by atoms with Crippen molar-refractivity contribution in [3.8, 4) is 0 Å². The Labute approximate surface area is 154 Å². The quantitative estimate of drug-likeness (QED) is 0.226. The van der Waals surface area contributed by atoms with Gasteiger partial charge in [0, 0.05) is 52.1 Å². The lowest BCUT2D eigenvalue weighted by Crippen LogP contribution is -2.46. The van der Waals surface area contributed by atoms with Gasteiger partial charge in [-0.25, -0.2) is 0 Å². The molecule has 6 nitrogen and oxygen atoms in total. The third kappa shape index (κ3) is 11.6. The van der Waals surface area contributed by atoms with Crippen molar-refractivity contribution >= 4 is 8.80 Å². The first kappa shape index (κ1) is 24.5. The molecule has 0 aromatic heterocycles. The Hall–Kier alpha value is -0.543. The van der Waals surface area contributed by atoms with E-state index in [9.17, 15) is 5.11 Å². The van der Waals surface area contributed by atoms with Gasteiger partial charge in [0.2, 0.25) is 0 Å². The Morgan fingerprint density at radius 3 is 1.96 bits per heavy atom. The Bertz CT molecular complexity index is 316. The Morgan fingerprint density at radius 2 is 1.52 bits per heavy atom. The molecule has 0 aromatic carbocycles. The van der Waals surface area contributed by atoms with Gasteiger partial charge in [-0.1, -0.05) is 12.2 Å². The fourth-order valence-electron chi connectivity index (χ4n) is 2.55. The van der Waals surface area contributed by atoms with Gasteiger partial charge in [-0.05, 0) is 27.2 Å². The van der Waals surface area contributed by atoms with Crippen LogP contribution in [0.4, 0.5) is 0 Å². The topological polar surface area (TPSA) is 60.4 Å². The molecule has 0 fully saturated rings. The first-order valence-electron chi connectivity index (χ1n) is 9.19. The molecular formula is C18H37NO5Si. The molecule has 0 radical (unpaired) electrons. The van der Waals surface area contributed by atoms with Crippen molar-refractivity contribution < 1.29 is 23.1 Å². The minimum Gasteiger partial charge on any atom is -0.389 e. The molecule has 0 rings (SSSR count). The first-order valence-corrected chi connectivity index (χ1v) is 11.1. The van der Waals surface area contributed by atoms with Gasteiger partial charge in [-0.15, -0.1) is 13.2 Å². The lowest BCUT2D eigenvalue weighted by Gasteiger charge is -2.28. The average molecular weight is 376 g/mol. The molecule has 1 atom stereocenters. The molecule has 148 valence electrons. The van der Waals surface area contributed by atoms with Gasteiger partial charge < -0.3 is 23.1 Å². The van der Waals surface area contributed by atoms with Crippen LogP contribution < -0.4 is 0 Å². The average Bonchev–Trinajstić information content (AvgIpc) is 2.56. The Balaban J connectivity index is 4.14. The molecule has 0 amide bonds. The van der Waals surface area contributed by atoms with Crippen LogP contribution in [0, 0.1) is 0 Å². The molecule has 0 aliphatic carbocycles. The monoisotopic (exact) mass is 375 g/mol. The summed E-state index contributed by atoms with van der Waals surface area (Å²) in [6, 6.07) is 0.720. The number of aliphatic hydroxyl groups is 1. The van der Waals surface area contributed by atoms with Crippen molar-refractivity contribution in [2.24, 2.45) is 0 Å². The van der Waals surface area contributed by atoms with Crippen LogP contribution in [0.2, 0.25) is 6.04 Å². The second-order valence-corrected chi connectivity index (χ2v) is 8.34. The number of nitrogens with zero attached hydrogens (tertiary/aromatic N) is 1. The van der Waals surface area contributed by atoms with Crippen LogP contribution in [0.5, 0.6) is 0 Å². The molecule has 0 bridgehead atoms. The molecule has 25 heavy (non-hydrogen) atoms. The van der Waals surface area contributed by atoms with Crippen LogP contribution >= 0.6 is 0 Å². The molecule has 0 heterocycles. The molecule has 7 heteroatoms. The van der Waals surface area contributed by atoms with E-state index >= 15 is 0 Å². The summed E-state index contributed by atoms with van der Waals surface area (Å²) in [5, 5.41) is 10.1. The molecule has 0 saturated carbocycles. The van der Waals surface area contributed by atoms with Crippen molar-refractivity contribution in [2.45, 2.75) is 39.3 Å². The zero-order valence-corrected chi connectivity index (χ0v) is 17.2. The summed E-state index contributed by atoms with van der Waals surface area (Å²) in [7, 11) is -2.59. The summed E-state index contributed by atoms with van der Waals surface area (Å²) < 4.78 is 23.0. The molecule has 0 aromatic rings. The zero-order valence-electron chi connectivity index (χ0n) is 16.2. The highest BCUT2D eigenvalue weighted by Crippen LogP contribution is 2.18. The highest BCUT2D eigenvalue weighted by atomic mass is 28.4. The van der Waals surface area contributed by atoms with Crippen LogP contribution in [-0.4, -0.2) is 77.6 Å². The molecule has 0 aliphatic heterocycles. The Kier molecular flexibility index (Phi) is 15.4. The van der Waals surface area contributed by atoms with Crippen LogP contribution in [0.25, 0.3) is 0 Å². The zero-order chi connectivity index (χ0) is 19.0. The number of aliphatic hydroxyl groups excluding tert-OH is 1. The van der Waals surface area contributed by atoms with E-state index in [1.165, 1.54) is 0 Å². The van der Waals surface area contributed by atoms with Gasteiger partial charge in [0.1, 0.15) is 0 Å². The van der Waals surface area contributed by atoms with Gasteiger partial charge in [-0.3, -0.25) is 4.90 Å². The van der Waals surface area contributed by atoms with E-state index in [1.807, 2.05) is 32.9 Å². The highest BCUT2D eigenvalue weighted by Gasteiger charge is 2.39. The van der Waals surface area contributed by atoms with E-state index in [-0.39, 0.29) is 0 Å². The van der Waals surface area contributed by atoms with Crippen LogP contribution in [0.15, 0.2) is 25.3 Å². The number of rotatable bonds is 18. The SMILES string of the molecule is C=CCN(CC=C)CC(O)COCCC[Si](OCC)(OCC)OCC. The smallest absolute Gasteiger partial charge is 0.389 e. The Morgan fingerprint density at radius 1 is 1.00 bits per heavy atom. The lowest BCUT2D eigenvalue weighted by atomic mass is 10.3. The summed E-state index contributed by atoms with van der Waals surface area (Å²) in [6.45, 7) is 17.8. The molecule has 0 saturated heterocycles. The lowest BCUT2D eigenvalue weighted by molar-refractivity contribution is 0.0178. The van der Waals surface area contributed by atoms with E-state index < -0.39 is 14.9 Å². The van der Waals surface area contributed by atoms with Gasteiger partial charge in [0.15, 0.2) is 0 Å². The maximum Gasteiger partial charge on any atom is 0.501 e. The third-order valence-electron chi connectivity index (χ3n) is 3.42. The molecule has 0 spiro atoms. The predicted molar refractivity (Wildman–Crippen MR) is 104 cm³/mol. The van der Waals surface area contributed by atoms with Gasteiger partial charge in [0.25, 0.3) is 0 Å². The van der Waals surface area contributed by atoms with Crippen LogP contribution in [0.3, 0.4) is 0 Å². The summed E-state index contributed by atoms with van der Waals surface area (Å²) in [5.41, 5.74) is 0. The van der Waals surface area contributed by atoms with Crippen LogP contribution in [-0.2, 0) is 18.0 Å². The van der Waals surface area contributed by atoms with Crippen molar-refractivity contribution in [3.05, 3.63) is 25.3 Å². The minimum atomic E-state index is -2.59. The summed E-state index contributed by atoms with van der Waals surface area (Å²) in [6.07, 6.45) is 3.88. The van der Waals surface area contributed by atoms with E-state index in [0.717, 1.165) is 12.5 Å². The van der Waals surface area contributed by atoms with Gasteiger partial charge in [-0.2, -0.15) is 0 Å². The predicted octanol–water partition coefficient (Wildman–Crippen LogP) is 2.48. The van der Waals surface area contributed by atoms with Crippen molar-refractivity contribution in [1.82, 2.24) is 4.90 Å². The maximum atomic E-state index is 10.1. The summed E-state index contributed by atoms with van der Waals surface area (Å²) in [5.74, 6) is 0. The summed E-state index contributed by atoms with van der Waals surface area (Å²) >= 11 is 0. The van der Waals surface area contributed by atoms with Crippen molar-refractivity contribution in [1.29, 1.82) is 0 Å². The first-order chi connectivity index (χ1) is 12.1. The maximum absolute atomic E-state index is 10.1. The second-order valence-electron chi connectivity index (χ2n) is 5.61. The minimum absolute atomic E-state index is 0.303. The number of ether oxygens (including phenoxy) is 1. The standard InChI is InChI=1S/C18H37NO5Si/c1-6-12-19(13-7-2)16-18(20)17-21-14-11-15-25(22-8-3,23-9-4)24-10-5/h6-7,18,20H,1-2,8-17H2,3-5H3. The molecule has 1 N–H and O–H groups in total. The molecular weight excluding hydrogens is 338 g/mol. The largest absolute Gasteiger partial charge is 0.501 e. The normalized spacial score (nSPS) is 13.2. The van der Waals surface area contributed by atoms with Gasteiger partial charge in [0.05, 0.1) is 12.7 Å². The van der Waals surface area contributed by atoms with Crippen molar-refractivity contribution in [2.75, 3.05) is 52.7 Å². The fraction of sp³-hybridized carbons (Fsp3) is 0.778. The van der Waals surface area contributed by atoms with E-state index in [0.29, 0.717) is 52.7 Å². The number of hydrogen-bond acceptors (Lipinski definition) is 6. The second kappa shape index (κ2) is 15.7. The van der Waals surface area contributed by atoms with E-state index in [1.54, 1.807) is 0 Å². The highest BCUT2D eigenvalue weighted by molar-refractivity contribution is 6.60. The van der Waals surface area contributed by atoms with Crippen molar-refractivity contribution in [3.63, 3.8) is 0 Å². The third-order valence-corrected chi connectivity index (χ3v) is 6.57. The van der Waals surface area contributed by atoms with Gasteiger partial charge >= 0.3 is 8.80 Å². The molecule has 1 unspecified atom stereocenters. The van der Waals surface area contributed by atoms with E-state index in [4.69, 9.17) is 18.0 Å². The number of hydrogen-bond donors (Lipinski definition) is 1. The van der Waals surface area contributed by atoms with Crippen LogP contribution in [0.1, 0.15) is 27.2 Å². The van der Waals surface area contributed by atoms with E-state index in [2.05, 4.69) is 18.1 Å².